The third-order valence-electron chi connectivity index (χ3n) is 2.72. The zero-order chi connectivity index (χ0) is 11.5. The summed E-state index contributed by atoms with van der Waals surface area (Å²) in [6, 6.07) is 8.82. The highest BCUT2D eigenvalue weighted by atomic mass is 16.4. The van der Waals surface area contributed by atoms with Crippen LogP contribution < -0.4 is 0 Å². The van der Waals surface area contributed by atoms with Gasteiger partial charge >= 0.3 is 5.97 Å². The predicted molar refractivity (Wildman–Crippen MR) is 57.7 cm³/mol. The van der Waals surface area contributed by atoms with E-state index in [1.54, 1.807) is 38.1 Å². The Balaban J connectivity index is 3.10. The maximum absolute atomic E-state index is 11.1. The van der Waals surface area contributed by atoms with Gasteiger partial charge in [0.25, 0.3) is 0 Å². The molecular formula is C12H16O3. The van der Waals surface area contributed by atoms with Crippen molar-refractivity contribution in [2.24, 2.45) is 0 Å². The van der Waals surface area contributed by atoms with Gasteiger partial charge in [-0.25, -0.2) is 0 Å². The van der Waals surface area contributed by atoms with Gasteiger partial charge in [-0.15, -0.1) is 0 Å². The fraction of sp³-hybridized carbons (Fsp3) is 0.417. The van der Waals surface area contributed by atoms with Gasteiger partial charge in [0.05, 0.1) is 5.60 Å². The summed E-state index contributed by atoms with van der Waals surface area (Å²) in [5.41, 5.74) is -0.579. The number of carboxylic acid groups (broad SMARTS) is 1. The van der Waals surface area contributed by atoms with E-state index in [-0.39, 0.29) is 0 Å². The molecule has 0 fully saturated rings. The highest BCUT2D eigenvalue weighted by Crippen LogP contribution is 2.30. The van der Waals surface area contributed by atoms with E-state index >= 15 is 0 Å². The van der Waals surface area contributed by atoms with E-state index in [9.17, 15) is 9.90 Å². The minimum Gasteiger partial charge on any atom is -0.481 e. The Morgan fingerprint density at radius 2 is 1.93 bits per heavy atom. The third kappa shape index (κ3) is 2.57. The summed E-state index contributed by atoms with van der Waals surface area (Å²) in [6.45, 7) is 3.33. The molecule has 0 aliphatic heterocycles. The number of hydrogen-bond acceptors (Lipinski definition) is 2. The van der Waals surface area contributed by atoms with E-state index in [4.69, 9.17) is 5.11 Å². The van der Waals surface area contributed by atoms with Crippen molar-refractivity contribution in [3.05, 3.63) is 35.9 Å². The lowest BCUT2D eigenvalue weighted by Gasteiger charge is -2.29. The van der Waals surface area contributed by atoms with Crippen LogP contribution >= 0.6 is 0 Å². The molecule has 0 aromatic heterocycles. The first-order valence-corrected chi connectivity index (χ1v) is 4.99. The van der Waals surface area contributed by atoms with Crippen molar-refractivity contribution in [3.63, 3.8) is 0 Å². The summed E-state index contributed by atoms with van der Waals surface area (Å²) < 4.78 is 0. The Morgan fingerprint density at radius 3 is 2.33 bits per heavy atom. The SMILES string of the molecule is CC[C@](C)(O)[C@@H](C(=O)O)c1ccccc1. The van der Waals surface area contributed by atoms with Gasteiger partial charge < -0.3 is 10.2 Å². The topological polar surface area (TPSA) is 57.5 Å². The number of carboxylic acids is 1. The van der Waals surface area contributed by atoms with Crippen LogP contribution in [0.3, 0.4) is 0 Å². The minimum absolute atomic E-state index is 0.402. The lowest BCUT2D eigenvalue weighted by atomic mass is 9.82. The number of carbonyl (C=O) groups is 1. The molecule has 0 heterocycles. The molecule has 0 spiro atoms. The van der Waals surface area contributed by atoms with Crippen molar-refractivity contribution >= 4 is 5.97 Å². The Bertz CT molecular complexity index is 330. The molecule has 2 N–H and O–H groups in total. The third-order valence-corrected chi connectivity index (χ3v) is 2.72. The molecule has 1 rings (SSSR count). The predicted octanol–water partition coefficient (Wildman–Crippen LogP) is 2.02. The van der Waals surface area contributed by atoms with Crippen LogP contribution in [0.15, 0.2) is 30.3 Å². The van der Waals surface area contributed by atoms with Gasteiger partial charge in [0.1, 0.15) is 5.92 Å². The fourth-order valence-electron chi connectivity index (χ4n) is 1.62. The van der Waals surface area contributed by atoms with Crippen molar-refractivity contribution in [1.82, 2.24) is 0 Å². The summed E-state index contributed by atoms with van der Waals surface area (Å²) in [5, 5.41) is 19.2. The average Bonchev–Trinajstić information content (AvgIpc) is 2.18. The Labute approximate surface area is 89.4 Å². The standard InChI is InChI=1S/C12H16O3/c1-3-12(2,15)10(11(13)14)9-7-5-4-6-8-9/h4-8,10,15H,3H2,1-2H3,(H,13,14)/t10-,12+/m1/s1. The van der Waals surface area contributed by atoms with Crippen LogP contribution in [0.25, 0.3) is 0 Å². The van der Waals surface area contributed by atoms with Gasteiger partial charge in [0.15, 0.2) is 0 Å². The summed E-state index contributed by atoms with van der Waals surface area (Å²) in [6.07, 6.45) is 0.402. The zero-order valence-electron chi connectivity index (χ0n) is 8.97. The highest BCUT2D eigenvalue weighted by molar-refractivity contribution is 5.77. The Morgan fingerprint density at radius 1 is 1.40 bits per heavy atom. The van der Waals surface area contributed by atoms with Crippen LogP contribution in [-0.2, 0) is 4.79 Å². The van der Waals surface area contributed by atoms with Crippen LogP contribution in [0.4, 0.5) is 0 Å². The molecule has 2 atom stereocenters. The van der Waals surface area contributed by atoms with Gasteiger partial charge in [-0.3, -0.25) is 4.79 Å². The lowest BCUT2D eigenvalue weighted by Crippen LogP contribution is -2.37. The fourth-order valence-corrected chi connectivity index (χ4v) is 1.62. The van der Waals surface area contributed by atoms with Crippen molar-refractivity contribution in [3.8, 4) is 0 Å². The average molecular weight is 208 g/mol. The molecule has 0 saturated heterocycles. The molecule has 0 radical (unpaired) electrons. The molecule has 0 bridgehead atoms. The lowest BCUT2D eigenvalue weighted by molar-refractivity contribution is -0.145. The summed E-state index contributed by atoms with van der Waals surface area (Å²) in [4.78, 5) is 11.1. The quantitative estimate of drug-likeness (QED) is 0.795. The van der Waals surface area contributed by atoms with Crippen molar-refractivity contribution in [1.29, 1.82) is 0 Å². The number of rotatable bonds is 4. The highest BCUT2D eigenvalue weighted by Gasteiger charge is 2.37. The maximum atomic E-state index is 11.1. The van der Waals surface area contributed by atoms with E-state index in [1.807, 2.05) is 6.07 Å². The van der Waals surface area contributed by atoms with Crippen molar-refractivity contribution in [2.45, 2.75) is 31.8 Å². The number of benzene rings is 1. The van der Waals surface area contributed by atoms with Crippen LogP contribution in [-0.4, -0.2) is 21.8 Å². The monoisotopic (exact) mass is 208 g/mol. The van der Waals surface area contributed by atoms with Crippen molar-refractivity contribution < 1.29 is 15.0 Å². The van der Waals surface area contributed by atoms with E-state index in [0.717, 1.165) is 0 Å². The van der Waals surface area contributed by atoms with Gasteiger partial charge in [0, 0.05) is 0 Å². The Kier molecular flexibility index (Phi) is 3.48. The first-order chi connectivity index (χ1) is 6.99. The molecule has 1 aromatic rings. The Hall–Kier alpha value is -1.35. The molecule has 0 saturated carbocycles. The van der Waals surface area contributed by atoms with Gasteiger partial charge in [-0.1, -0.05) is 37.3 Å². The van der Waals surface area contributed by atoms with Crippen molar-refractivity contribution in [2.75, 3.05) is 0 Å². The molecule has 1 aromatic carbocycles. The maximum Gasteiger partial charge on any atom is 0.313 e. The second kappa shape index (κ2) is 4.45. The van der Waals surface area contributed by atoms with Gasteiger partial charge in [-0.2, -0.15) is 0 Å². The van der Waals surface area contributed by atoms with Gasteiger partial charge in [0.2, 0.25) is 0 Å². The molecule has 15 heavy (non-hydrogen) atoms. The smallest absolute Gasteiger partial charge is 0.313 e. The summed E-state index contributed by atoms with van der Waals surface area (Å²) in [7, 11) is 0. The first kappa shape index (κ1) is 11.7. The van der Waals surface area contributed by atoms with Crippen LogP contribution in [0.1, 0.15) is 31.7 Å². The molecular weight excluding hydrogens is 192 g/mol. The largest absolute Gasteiger partial charge is 0.481 e. The normalized spacial score (nSPS) is 16.7. The molecule has 82 valence electrons. The molecule has 3 heteroatoms. The number of aliphatic carboxylic acids is 1. The summed E-state index contributed by atoms with van der Waals surface area (Å²) in [5.74, 6) is -1.86. The second-order valence-electron chi connectivity index (χ2n) is 3.89. The molecule has 0 aliphatic rings. The minimum atomic E-state index is -1.22. The van der Waals surface area contributed by atoms with Crippen LogP contribution in [0.2, 0.25) is 0 Å². The first-order valence-electron chi connectivity index (χ1n) is 4.99. The number of aliphatic hydroxyl groups is 1. The zero-order valence-corrected chi connectivity index (χ0v) is 8.97. The van der Waals surface area contributed by atoms with Crippen LogP contribution in [0, 0.1) is 0 Å². The van der Waals surface area contributed by atoms with Crippen LogP contribution in [0.5, 0.6) is 0 Å². The van der Waals surface area contributed by atoms with E-state index in [1.165, 1.54) is 0 Å². The van der Waals surface area contributed by atoms with E-state index in [2.05, 4.69) is 0 Å². The second-order valence-corrected chi connectivity index (χ2v) is 3.89. The molecule has 3 nitrogen and oxygen atoms in total. The molecule has 0 unspecified atom stereocenters. The van der Waals surface area contributed by atoms with E-state index < -0.39 is 17.5 Å². The number of hydrogen-bond donors (Lipinski definition) is 2. The van der Waals surface area contributed by atoms with Gasteiger partial charge in [-0.05, 0) is 18.9 Å². The summed E-state index contributed by atoms with van der Waals surface area (Å²) >= 11 is 0. The molecule has 0 aliphatic carbocycles. The molecule has 0 amide bonds. The van der Waals surface area contributed by atoms with E-state index in [0.29, 0.717) is 12.0 Å².